The van der Waals surface area contributed by atoms with E-state index in [1.54, 1.807) is 11.8 Å². The Morgan fingerprint density at radius 2 is 1.55 bits per heavy atom. The summed E-state index contributed by atoms with van der Waals surface area (Å²) in [4.78, 5) is 34.3. The molecule has 0 atom stereocenters. The standard InChI is InChI=1S/C16H14N2O2S2/c19-13(2-3-14(20)12-8-17-10-18-9-12)11-1-4-15-16(7-11)22-6-5-21-15/h1,4,7-10H,2-3,5-6H2. The quantitative estimate of drug-likeness (QED) is 0.782. The molecule has 1 aromatic heterocycles. The summed E-state index contributed by atoms with van der Waals surface area (Å²) in [6.45, 7) is 0. The summed E-state index contributed by atoms with van der Waals surface area (Å²) >= 11 is 3.61. The highest BCUT2D eigenvalue weighted by molar-refractivity contribution is 8.05. The first-order valence-corrected chi connectivity index (χ1v) is 8.92. The van der Waals surface area contributed by atoms with Crippen LogP contribution in [0.3, 0.4) is 0 Å². The van der Waals surface area contributed by atoms with Crippen molar-refractivity contribution in [2.45, 2.75) is 22.6 Å². The van der Waals surface area contributed by atoms with Gasteiger partial charge in [0.1, 0.15) is 6.33 Å². The number of fused-ring (bicyclic) bond motifs is 1. The van der Waals surface area contributed by atoms with Crippen LogP contribution >= 0.6 is 23.5 Å². The molecule has 3 rings (SSSR count). The molecule has 0 N–H and O–H groups in total. The predicted octanol–water partition coefficient (Wildman–Crippen LogP) is 3.52. The van der Waals surface area contributed by atoms with Crippen molar-refractivity contribution in [3.8, 4) is 0 Å². The van der Waals surface area contributed by atoms with Crippen LogP contribution in [-0.2, 0) is 0 Å². The van der Waals surface area contributed by atoms with Crippen LogP contribution in [0.25, 0.3) is 0 Å². The first-order valence-electron chi connectivity index (χ1n) is 6.95. The Bertz CT molecular complexity index is 705. The highest BCUT2D eigenvalue weighted by atomic mass is 32.2. The van der Waals surface area contributed by atoms with Gasteiger partial charge in [0.25, 0.3) is 0 Å². The van der Waals surface area contributed by atoms with Crippen molar-refractivity contribution >= 4 is 35.1 Å². The van der Waals surface area contributed by atoms with Gasteiger partial charge in [-0.3, -0.25) is 9.59 Å². The number of hydrogen-bond acceptors (Lipinski definition) is 6. The number of Topliss-reactive ketones (excluding diaryl/α,β-unsaturated/α-hetero) is 2. The van der Waals surface area contributed by atoms with Gasteiger partial charge in [0.05, 0.1) is 5.56 Å². The second-order valence-electron chi connectivity index (χ2n) is 4.83. The largest absolute Gasteiger partial charge is 0.294 e. The van der Waals surface area contributed by atoms with Crippen LogP contribution in [0.5, 0.6) is 0 Å². The molecule has 0 unspecified atom stereocenters. The normalized spacial score (nSPS) is 13.5. The molecule has 4 nitrogen and oxygen atoms in total. The van der Waals surface area contributed by atoms with Crippen LogP contribution in [0.15, 0.2) is 46.7 Å². The fourth-order valence-electron chi connectivity index (χ4n) is 2.18. The zero-order valence-electron chi connectivity index (χ0n) is 11.8. The molecule has 0 aliphatic carbocycles. The lowest BCUT2D eigenvalue weighted by Crippen LogP contribution is -2.06. The van der Waals surface area contributed by atoms with Gasteiger partial charge >= 0.3 is 0 Å². The molecule has 0 amide bonds. The lowest BCUT2D eigenvalue weighted by atomic mass is 10.0. The van der Waals surface area contributed by atoms with E-state index in [1.165, 1.54) is 28.5 Å². The zero-order valence-corrected chi connectivity index (χ0v) is 13.5. The maximum Gasteiger partial charge on any atom is 0.166 e. The monoisotopic (exact) mass is 330 g/mol. The van der Waals surface area contributed by atoms with E-state index in [1.807, 2.05) is 30.0 Å². The topological polar surface area (TPSA) is 59.9 Å². The first-order chi connectivity index (χ1) is 10.7. The van der Waals surface area contributed by atoms with Gasteiger partial charge in [-0.15, -0.1) is 23.5 Å². The smallest absolute Gasteiger partial charge is 0.166 e. The fourth-order valence-corrected chi connectivity index (χ4v) is 4.42. The van der Waals surface area contributed by atoms with Crippen LogP contribution in [0.4, 0.5) is 0 Å². The third-order valence-electron chi connectivity index (χ3n) is 3.33. The van der Waals surface area contributed by atoms with E-state index in [0.717, 1.165) is 11.5 Å². The van der Waals surface area contributed by atoms with Crippen molar-refractivity contribution < 1.29 is 9.59 Å². The molecule has 0 saturated heterocycles. The molecule has 6 heteroatoms. The second kappa shape index (κ2) is 7.07. The average Bonchev–Trinajstić information content (AvgIpc) is 2.59. The third-order valence-corrected chi connectivity index (χ3v) is 5.85. The summed E-state index contributed by atoms with van der Waals surface area (Å²) in [6, 6.07) is 5.81. The fraction of sp³-hybridized carbons (Fsp3) is 0.250. The zero-order chi connectivity index (χ0) is 15.4. The van der Waals surface area contributed by atoms with E-state index in [-0.39, 0.29) is 24.4 Å². The van der Waals surface area contributed by atoms with Gasteiger partial charge in [-0.05, 0) is 12.1 Å². The van der Waals surface area contributed by atoms with Crippen LogP contribution in [0.2, 0.25) is 0 Å². The summed E-state index contributed by atoms with van der Waals surface area (Å²) in [5, 5.41) is 0. The molecule has 0 saturated carbocycles. The number of thioether (sulfide) groups is 2. The molecule has 1 aliphatic rings. The minimum absolute atomic E-state index is 0.00386. The van der Waals surface area contributed by atoms with E-state index in [4.69, 9.17) is 0 Å². The molecule has 0 radical (unpaired) electrons. The number of carbonyl (C=O) groups is 2. The molecule has 22 heavy (non-hydrogen) atoms. The lowest BCUT2D eigenvalue weighted by Gasteiger charge is -2.15. The van der Waals surface area contributed by atoms with Crippen molar-refractivity contribution in [1.82, 2.24) is 9.97 Å². The predicted molar refractivity (Wildman–Crippen MR) is 87.8 cm³/mol. The molecule has 0 spiro atoms. The molecule has 0 fully saturated rings. The number of ketones is 2. The van der Waals surface area contributed by atoms with E-state index in [2.05, 4.69) is 9.97 Å². The Morgan fingerprint density at radius 1 is 0.909 bits per heavy atom. The number of hydrogen-bond donors (Lipinski definition) is 0. The van der Waals surface area contributed by atoms with E-state index in [0.29, 0.717) is 11.1 Å². The molecule has 1 aliphatic heterocycles. The summed E-state index contributed by atoms with van der Waals surface area (Å²) in [5.74, 6) is 2.08. The highest BCUT2D eigenvalue weighted by Crippen LogP contribution is 2.37. The lowest BCUT2D eigenvalue weighted by molar-refractivity contribution is 0.0917. The van der Waals surface area contributed by atoms with Gasteiger partial charge in [-0.1, -0.05) is 6.07 Å². The Kier molecular flexibility index (Phi) is 4.90. The molecular formula is C16H14N2O2S2. The van der Waals surface area contributed by atoms with Crippen molar-refractivity contribution in [2.24, 2.45) is 0 Å². The number of benzene rings is 1. The van der Waals surface area contributed by atoms with E-state index < -0.39 is 0 Å². The van der Waals surface area contributed by atoms with Crippen molar-refractivity contribution in [3.63, 3.8) is 0 Å². The van der Waals surface area contributed by atoms with Crippen molar-refractivity contribution in [2.75, 3.05) is 11.5 Å². The van der Waals surface area contributed by atoms with Crippen LogP contribution in [0.1, 0.15) is 33.6 Å². The molecule has 1 aromatic carbocycles. The molecule has 112 valence electrons. The average molecular weight is 330 g/mol. The van der Waals surface area contributed by atoms with Crippen LogP contribution in [-0.4, -0.2) is 33.0 Å². The minimum atomic E-state index is -0.100. The van der Waals surface area contributed by atoms with Crippen molar-refractivity contribution in [1.29, 1.82) is 0 Å². The van der Waals surface area contributed by atoms with Crippen LogP contribution < -0.4 is 0 Å². The van der Waals surface area contributed by atoms with Gasteiger partial charge in [-0.2, -0.15) is 0 Å². The Hall–Kier alpha value is -1.66. The summed E-state index contributed by atoms with van der Waals surface area (Å²) < 4.78 is 0. The maximum absolute atomic E-state index is 12.3. The first kappa shape index (κ1) is 15.2. The molecule has 2 aromatic rings. The van der Waals surface area contributed by atoms with Crippen LogP contribution in [0, 0.1) is 0 Å². The van der Waals surface area contributed by atoms with Gasteiger partial charge in [-0.25, -0.2) is 9.97 Å². The third kappa shape index (κ3) is 3.56. The second-order valence-corrected chi connectivity index (χ2v) is 7.11. The summed E-state index contributed by atoms with van der Waals surface area (Å²) in [7, 11) is 0. The van der Waals surface area contributed by atoms with Gasteiger partial charge < -0.3 is 0 Å². The Balaban J connectivity index is 1.64. The van der Waals surface area contributed by atoms with Gasteiger partial charge in [0.2, 0.25) is 0 Å². The maximum atomic E-state index is 12.3. The highest BCUT2D eigenvalue weighted by Gasteiger charge is 2.15. The number of aromatic nitrogens is 2. The number of carbonyl (C=O) groups excluding carboxylic acids is 2. The van der Waals surface area contributed by atoms with Gasteiger partial charge in [0.15, 0.2) is 11.6 Å². The number of nitrogens with zero attached hydrogens (tertiary/aromatic N) is 2. The summed E-state index contributed by atoms with van der Waals surface area (Å²) in [5.41, 5.74) is 1.14. The summed E-state index contributed by atoms with van der Waals surface area (Å²) in [6.07, 6.45) is 4.74. The minimum Gasteiger partial charge on any atom is -0.294 e. The van der Waals surface area contributed by atoms with E-state index in [9.17, 15) is 9.59 Å². The van der Waals surface area contributed by atoms with Crippen molar-refractivity contribution in [3.05, 3.63) is 48.0 Å². The molecule has 0 bridgehead atoms. The Morgan fingerprint density at radius 3 is 2.27 bits per heavy atom. The number of rotatable bonds is 5. The van der Waals surface area contributed by atoms with Gasteiger partial charge in [0, 0.05) is 52.1 Å². The van der Waals surface area contributed by atoms with E-state index >= 15 is 0 Å². The molecular weight excluding hydrogens is 316 g/mol. The Labute approximate surface area is 137 Å². The molecule has 2 heterocycles. The SMILES string of the molecule is O=C(CCC(=O)c1ccc2c(c1)SCCS2)c1cncnc1.